The first kappa shape index (κ1) is 28.4. The molecule has 37 heavy (non-hydrogen) atoms. The van der Waals surface area contributed by atoms with Crippen LogP contribution in [0.3, 0.4) is 0 Å². The second kappa shape index (κ2) is 12.4. The first-order valence-electron chi connectivity index (χ1n) is 12.5. The van der Waals surface area contributed by atoms with Crippen LogP contribution in [-0.4, -0.2) is 70.3 Å². The molecule has 10 heteroatoms. The number of esters is 1. The van der Waals surface area contributed by atoms with Gasteiger partial charge in [-0.3, -0.25) is 14.9 Å². The molecular weight excluding hydrogens is 476 g/mol. The van der Waals surface area contributed by atoms with Gasteiger partial charge in [-0.1, -0.05) is 0 Å². The van der Waals surface area contributed by atoms with Crippen LogP contribution in [0.4, 0.5) is 0 Å². The van der Waals surface area contributed by atoms with Gasteiger partial charge in [-0.2, -0.15) is 0 Å². The second-order valence-corrected chi connectivity index (χ2v) is 9.59. The Morgan fingerprint density at radius 2 is 1.92 bits per heavy atom. The minimum Gasteiger partial charge on any atom is -0.492 e. The summed E-state index contributed by atoms with van der Waals surface area (Å²) in [4.78, 5) is 29.3. The third-order valence-corrected chi connectivity index (χ3v) is 5.95. The highest BCUT2D eigenvalue weighted by atomic mass is 16.5. The molecule has 2 N–H and O–H groups in total. The van der Waals surface area contributed by atoms with Gasteiger partial charge in [0, 0.05) is 44.1 Å². The van der Waals surface area contributed by atoms with E-state index in [1.807, 2.05) is 24.3 Å². The van der Waals surface area contributed by atoms with Crippen LogP contribution in [0.2, 0.25) is 0 Å². The maximum absolute atomic E-state index is 12.2. The molecule has 2 aromatic heterocycles. The average Bonchev–Trinajstić information content (AvgIpc) is 3.20. The van der Waals surface area contributed by atoms with Gasteiger partial charge in [0.25, 0.3) is 5.56 Å². The third-order valence-electron chi connectivity index (χ3n) is 5.95. The third kappa shape index (κ3) is 6.76. The van der Waals surface area contributed by atoms with E-state index in [4.69, 9.17) is 19.2 Å². The molecule has 10 nitrogen and oxygen atoms in total. The van der Waals surface area contributed by atoms with Crippen molar-refractivity contribution in [3.05, 3.63) is 46.4 Å². The van der Waals surface area contributed by atoms with E-state index in [0.29, 0.717) is 24.5 Å². The zero-order valence-corrected chi connectivity index (χ0v) is 22.6. The molecule has 0 unspecified atom stereocenters. The van der Waals surface area contributed by atoms with Gasteiger partial charge in [0.2, 0.25) is 0 Å². The molecule has 0 saturated carbocycles. The lowest BCUT2D eigenvalue weighted by molar-refractivity contribution is -0.152. The first-order valence-corrected chi connectivity index (χ1v) is 12.5. The zero-order chi connectivity index (χ0) is 27.3. The van der Waals surface area contributed by atoms with Crippen LogP contribution in [0, 0.1) is 6.92 Å². The summed E-state index contributed by atoms with van der Waals surface area (Å²) in [6.45, 7) is 10.0. The van der Waals surface area contributed by atoms with Gasteiger partial charge in [0.1, 0.15) is 24.2 Å². The van der Waals surface area contributed by atoms with Crippen LogP contribution < -0.4 is 15.6 Å². The number of methoxy groups -OCH3 is 1. The largest absolute Gasteiger partial charge is 0.492 e. The molecule has 3 atom stereocenters. The van der Waals surface area contributed by atoms with Gasteiger partial charge in [-0.05, 0) is 52.8 Å². The predicted octanol–water partition coefficient (Wildman–Crippen LogP) is 2.59. The van der Waals surface area contributed by atoms with E-state index in [0.717, 1.165) is 22.4 Å². The number of carbonyl (C=O) groups excluding carboxylic acids is 1. The standard InChI is InChI=1S/C27H38N4O6/c1-16(2)37-27(34)24(19(5)32)28-10-11-36-21-8-9-23-22(13-21)29-25(31(23)18(4)15-35-7)20-12-17(3)26(33)30(6)14-20/h8-9,12-14,16,18-19,24,28,32H,10-11,15H2,1-7H3/t18-,19+,24-/m0/s1. The molecule has 3 aromatic rings. The van der Waals surface area contributed by atoms with Crippen LogP contribution in [0.25, 0.3) is 22.4 Å². The Labute approximate surface area is 217 Å². The van der Waals surface area contributed by atoms with E-state index in [1.165, 1.54) is 0 Å². The second-order valence-electron chi connectivity index (χ2n) is 9.59. The summed E-state index contributed by atoms with van der Waals surface area (Å²) in [5, 5.41) is 12.9. The van der Waals surface area contributed by atoms with Crippen LogP contribution in [0.5, 0.6) is 5.75 Å². The van der Waals surface area contributed by atoms with Crippen LogP contribution in [-0.2, 0) is 21.3 Å². The number of imidazole rings is 1. The molecule has 0 aliphatic rings. The molecular formula is C27H38N4O6. The number of pyridine rings is 1. The number of aliphatic hydroxyl groups is 1. The van der Waals surface area contributed by atoms with Crippen molar-refractivity contribution in [3.63, 3.8) is 0 Å². The minimum atomic E-state index is -0.903. The summed E-state index contributed by atoms with van der Waals surface area (Å²) < 4.78 is 20.2. The number of benzene rings is 1. The van der Waals surface area contributed by atoms with E-state index in [2.05, 4.69) is 16.8 Å². The first-order chi connectivity index (χ1) is 17.5. The molecule has 0 saturated heterocycles. The number of hydrogen-bond acceptors (Lipinski definition) is 8. The molecule has 0 radical (unpaired) electrons. The number of rotatable bonds is 12. The summed E-state index contributed by atoms with van der Waals surface area (Å²) in [5.41, 5.74) is 3.10. The van der Waals surface area contributed by atoms with Crippen molar-refractivity contribution in [3.8, 4) is 17.1 Å². The fraction of sp³-hybridized carbons (Fsp3) is 0.519. The van der Waals surface area contributed by atoms with E-state index in [-0.39, 0.29) is 24.3 Å². The van der Waals surface area contributed by atoms with Crippen molar-refractivity contribution in [1.82, 2.24) is 19.4 Å². The Balaban J connectivity index is 1.82. The topological polar surface area (TPSA) is 117 Å². The van der Waals surface area contributed by atoms with E-state index < -0.39 is 18.1 Å². The molecule has 0 amide bonds. The Morgan fingerprint density at radius 1 is 1.19 bits per heavy atom. The molecule has 202 valence electrons. The molecule has 3 rings (SSSR count). The van der Waals surface area contributed by atoms with E-state index >= 15 is 0 Å². The number of nitrogens with one attached hydrogen (secondary N) is 1. The van der Waals surface area contributed by atoms with Gasteiger partial charge in [0.05, 0.1) is 35.9 Å². The maximum atomic E-state index is 12.2. The van der Waals surface area contributed by atoms with Crippen LogP contribution in [0.15, 0.2) is 35.3 Å². The monoisotopic (exact) mass is 514 g/mol. The Bertz CT molecular complexity index is 1250. The number of hydrogen-bond donors (Lipinski definition) is 2. The molecule has 1 aromatic carbocycles. The zero-order valence-electron chi connectivity index (χ0n) is 22.6. The van der Waals surface area contributed by atoms with Gasteiger partial charge in [0.15, 0.2) is 0 Å². The minimum absolute atomic E-state index is 0.00140. The SMILES string of the molecule is COC[C@H](C)n1c(-c2cc(C)c(=O)n(C)c2)nc2cc(OCCN[C@H](C(=O)OC(C)C)[C@@H](C)O)ccc21. The van der Waals surface area contributed by atoms with Crippen LogP contribution in [0.1, 0.15) is 39.3 Å². The predicted molar refractivity (Wildman–Crippen MR) is 142 cm³/mol. The van der Waals surface area contributed by atoms with Crippen molar-refractivity contribution >= 4 is 17.0 Å². The van der Waals surface area contributed by atoms with E-state index in [1.54, 1.807) is 52.6 Å². The smallest absolute Gasteiger partial charge is 0.326 e. The highest BCUT2D eigenvalue weighted by Gasteiger charge is 2.25. The number of aryl methyl sites for hydroxylation is 2. The molecule has 2 heterocycles. The van der Waals surface area contributed by atoms with Crippen molar-refractivity contribution in [2.75, 3.05) is 26.9 Å². The lowest BCUT2D eigenvalue weighted by Gasteiger charge is -2.21. The van der Waals surface area contributed by atoms with Gasteiger partial charge in [-0.15, -0.1) is 0 Å². The summed E-state index contributed by atoms with van der Waals surface area (Å²) >= 11 is 0. The number of carbonyl (C=O) groups is 1. The summed E-state index contributed by atoms with van der Waals surface area (Å²) in [6.07, 6.45) is 0.623. The Morgan fingerprint density at radius 3 is 2.54 bits per heavy atom. The molecule has 0 aliphatic heterocycles. The van der Waals surface area contributed by atoms with Gasteiger partial charge >= 0.3 is 5.97 Å². The Kier molecular flexibility index (Phi) is 9.47. The van der Waals surface area contributed by atoms with Crippen LogP contribution >= 0.6 is 0 Å². The normalized spacial score (nSPS) is 14.1. The van der Waals surface area contributed by atoms with Crippen molar-refractivity contribution in [2.24, 2.45) is 7.05 Å². The average molecular weight is 515 g/mol. The number of fused-ring (bicyclic) bond motifs is 1. The highest BCUT2D eigenvalue weighted by molar-refractivity contribution is 5.82. The van der Waals surface area contributed by atoms with Crippen molar-refractivity contribution in [1.29, 1.82) is 0 Å². The van der Waals surface area contributed by atoms with Gasteiger partial charge < -0.3 is 28.5 Å². The number of ether oxygens (including phenoxy) is 3. The molecule has 0 bridgehead atoms. The fourth-order valence-corrected chi connectivity index (χ4v) is 4.27. The summed E-state index contributed by atoms with van der Waals surface area (Å²) in [6, 6.07) is 6.71. The molecule has 0 spiro atoms. The summed E-state index contributed by atoms with van der Waals surface area (Å²) in [7, 11) is 3.39. The quantitative estimate of drug-likeness (QED) is 0.280. The Hall–Kier alpha value is -3.21. The van der Waals surface area contributed by atoms with E-state index in [9.17, 15) is 14.7 Å². The number of nitrogens with zero attached hydrogens (tertiary/aromatic N) is 3. The lowest BCUT2D eigenvalue weighted by Crippen LogP contribution is -2.47. The maximum Gasteiger partial charge on any atom is 0.326 e. The number of aromatic nitrogens is 3. The van der Waals surface area contributed by atoms with Crippen molar-refractivity contribution in [2.45, 2.75) is 58.9 Å². The lowest BCUT2D eigenvalue weighted by atomic mass is 10.2. The molecule has 0 fully saturated rings. The van der Waals surface area contributed by atoms with Gasteiger partial charge in [-0.25, -0.2) is 4.98 Å². The summed E-state index contributed by atoms with van der Waals surface area (Å²) in [5.74, 6) is 0.865. The molecule has 0 aliphatic carbocycles. The fourth-order valence-electron chi connectivity index (χ4n) is 4.27. The highest BCUT2D eigenvalue weighted by Crippen LogP contribution is 2.30. The van der Waals surface area contributed by atoms with Crippen molar-refractivity contribution < 1.29 is 24.1 Å². The number of aliphatic hydroxyl groups excluding tert-OH is 1.